The van der Waals surface area contributed by atoms with Crippen molar-refractivity contribution >= 4 is 28.3 Å². The summed E-state index contributed by atoms with van der Waals surface area (Å²) in [5.74, 6) is -0.864. The van der Waals surface area contributed by atoms with Crippen molar-refractivity contribution in [3.05, 3.63) is 5.82 Å². The Hall–Kier alpha value is -1.70. The fraction of sp³-hybridized carbons (Fsp3) is 0.200. The summed E-state index contributed by atoms with van der Waals surface area (Å²) in [7, 11) is 1.16. The number of esters is 1. The van der Waals surface area contributed by atoms with Gasteiger partial charge in [-0.3, -0.25) is 0 Å². The molecule has 8 heteroatoms. The van der Waals surface area contributed by atoms with Gasteiger partial charge in [0.05, 0.1) is 7.11 Å². The van der Waals surface area contributed by atoms with Gasteiger partial charge < -0.3 is 15.7 Å². The maximum absolute atomic E-state index is 10.9. The van der Waals surface area contributed by atoms with Crippen LogP contribution in [0.5, 0.6) is 0 Å². The second-order valence-electron chi connectivity index (χ2n) is 1.90. The van der Waals surface area contributed by atoms with E-state index in [-0.39, 0.29) is 16.7 Å². The first-order chi connectivity index (χ1) is 6.19. The van der Waals surface area contributed by atoms with Gasteiger partial charge in [-0.05, 0) is 0 Å². The van der Waals surface area contributed by atoms with E-state index in [4.69, 9.17) is 10.9 Å². The van der Waals surface area contributed by atoms with Crippen LogP contribution in [0.15, 0.2) is 5.16 Å². The number of nitrogen functional groups attached to an aromatic ring is 1. The van der Waals surface area contributed by atoms with Crippen molar-refractivity contribution in [2.75, 3.05) is 12.8 Å². The van der Waals surface area contributed by atoms with Crippen molar-refractivity contribution in [2.24, 2.45) is 5.16 Å². The van der Waals surface area contributed by atoms with E-state index in [1.807, 2.05) is 0 Å². The van der Waals surface area contributed by atoms with Crippen molar-refractivity contribution in [3.63, 3.8) is 0 Å². The molecule has 0 unspecified atom stereocenters. The van der Waals surface area contributed by atoms with Crippen molar-refractivity contribution in [2.45, 2.75) is 0 Å². The van der Waals surface area contributed by atoms with Gasteiger partial charge >= 0.3 is 5.97 Å². The number of rotatable bonds is 2. The van der Waals surface area contributed by atoms with Crippen LogP contribution in [0.25, 0.3) is 0 Å². The zero-order chi connectivity index (χ0) is 9.84. The first kappa shape index (κ1) is 9.39. The predicted octanol–water partition coefficient (Wildman–Crippen LogP) is -0.528. The summed E-state index contributed by atoms with van der Waals surface area (Å²) in [4.78, 5) is 14.6. The zero-order valence-electron chi connectivity index (χ0n) is 6.59. The van der Waals surface area contributed by atoms with E-state index in [0.29, 0.717) is 0 Å². The Morgan fingerprint density at radius 2 is 2.46 bits per heavy atom. The molecule has 0 spiro atoms. The van der Waals surface area contributed by atoms with Crippen molar-refractivity contribution < 1.29 is 14.7 Å². The Kier molecular flexibility index (Phi) is 2.75. The third kappa shape index (κ3) is 1.90. The second-order valence-corrected chi connectivity index (χ2v) is 2.68. The van der Waals surface area contributed by atoms with Gasteiger partial charge in [0.25, 0.3) is 0 Å². The maximum Gasteiger partial charge on any atom is 0.364 e. The Bertz CT molecular complexity index is 347. The molecule has 70 valence electrons. The molecule has 0 saturated carbocycles. The minimum absolute atomic E-state index is 0.0446. The highest BCUT2D eigenvalue weighted by atomic mass is 32.1. The molecule has 0 atom stereocenters. The molecule has 0 saturated heterocycles. The first-order valence-corrected chi connectivity index (χ1v) is 3.86. The molecule has 1 heterocycles. The highest BCUT2D eigenvalue weighted by molar-refractivity contribution is 7.09. The van der Waals surface area contributed by atoms with Crippen LogP contribution in [-0.2, 0) is 9.53 Å². The van der Waals surface area contributed by atoms with Crippen LogP contribution in [0.3, 0.4) is 0 Å². The molecule has 1 rings (SSSR count). The summed E-state index contributed by atoms with van der Waals surface area (Å²) in [5, 5.41) is 11.4. The molecule has 0 radical (unpaired) electrons. The molecule has 0 aliphatic carbocycles. The van der Waals surface area contributed by atoms with Gasteiger partial charge in [0, 0.05) is 11.5 Å². The fourth-order valence-corrected chi connectivity index (χ4v) is 1.04. The smallest absolute Gasteiger partial charge is 0.364 e. The van der Waals surface area contributed by atoms with E-state index in [1.54, 1.807) is 0 Å². The molecular formula is C5H6N4O3S. The van der Waals surface area contributed by atoms with Crippen LogP contribution in [-0.4, -0.2) is 33.4 Å². The molecule has 0 fully saturated rings. The zero-order valence-corrected chi connectivity index (χ0v) is 7.41. The Balaban J connectivity index is 2.99. The summed E-state index contributed by atoms with van der Waals surface area (Å²) in [6.45, 7) is 0. The summed E-state index contributed by atoms with van der Waals surface area (Å²) in [5.41, 5.74) is 4.90. The summed E-state index contributed by atoms with van der Waals surface area (Å²) < 4.78 is 7.99. The van der Waals surface area contributed by atoms with Crippen LogP contribution in [0, 0.1) is 0 Å². The standard InChI is InChI=1S/C5H6N4O3S/c1-12-4(10)2(8-11)3-7-5(6)13-9-3/h11H,1H3,(H2,6,7,9)/b8-2-. The van der Waals surface area contributed by atoms with Gasteiger partial charge in [0.1, 0.15) is 0 Å². The van der Waals surface area contributed by atoms with Crippen LogP contribution in [0.2, 0.25) is 0 Å². The number of nitrogens with two attached hydrogens (primary N) is 1. The van der Waals surface area contributed by atoms with Crippen molar-refractivity contribution in [1.29, 1.82) is 0 Å². The lowest BCUT2D eigenvalue weighted by molar-refractivity contribution is -0.132. The molecule has 3 N–H and O–H groups in total. The molecule has 0 aliphatic heterocycles. The van der Waals surface area contributed by atoms with E-state index in [1.165, 1.54) is 0 Å². The third-order valence-electron chi connectivity index (χ3n) is 1.13. The third-order valence-corrected chi connectivity index (χ3v) is 1.67. The number of carbonyl (C=O) groups is 1. The van der Waals surface area contributed by atoms with Gasteiger partial charge in [-0.25, -0.2) is 4.79 Å². The van der Waals surface area contributed by atoms with Crippen LogP contribution >= 0.6 is 11.5 Å². The minimum atomic E-state index is -0.819. The largest absolute Gasteiger partial charge is 0.464 e. The normalized spacial score (nSPS) is 11.3. The topological polar surface area (TPSA) is 111 Å². The van der Waals surface area contributed by atoms with E-state index >= 15 is 0 Å². The number of oxime groups is 1. The number of ether oxygens (including phenoxy) is 1. The first-order valence-electron chi connectivity index (χ1n) is 3.09. The molecule has 1 aromatic rings. The SMILES string of the molecule is COC(=O)/C(=N\O)c1nsc(N)n1. The number of carbonyl (C=O) groups excluding carboxylic acids is 1. The van der Waals surface area contributed by atoms with E-state index in [2.05, 4.69) is 19.3 Å². The number of nitrogens with zero attached hydrogens (tertiary/aromatic N) is 3. The van der Waals surface area contributed by atoms with Crippen LogP contribution in [0.4, 0.5) is 5.13 Å². The molecule has 1 aromatic heterocycles. The summed E-state index contributed by atoms with van der Waals surface area (Å²) in [6.07, 6.45) is 0. The monoisotopic (exact) mass is 202 g/mol. The molecule has 0 amide bonds. The molecule has 0 aromatic carbocycles. The lowest BCUT2D eigenvalue weighted by Gasteiger charge is -1.95. The predicted molar refractivity (Wildman–Crippen MR) is 44.7 cm³/mol. The van der Waals surface area contributed by atoms with Crippen molar-refractivity contribution in [3.8, 4) is 0 Å². The molecular weight excluding hydrogens is 196 g/mol. The van der Waals surface area contributed by atoms with Crippen molar-refractivity contribution in [1.82, 2.24) is 9.36 Å². The number of aromatic nitrogens is 2. The summed E-state index contributed by atoms with van der Waals surface area (Å²) in [6, 6.07) is 0. The van der Waals surface area contributed by atoms with Gasteiger partial charge in [-0.1, -0.05) is 5.16 Å². The number of methoxy groups -OCH3 is 1. The lowest BCUT2D eigenvalue weighted by atomic mass is 10.4. The lowest BCUT2D eigenvalue weighted by Crippen LogP contribution is -2.18. The number of anilines is 1. The Morgan fingerprint density at radius 3 is 2.85 bits per heavy atom. The highest BCUT2D eigenvalue weighted by Crippen LogP contribution is 2.07. The molecule has 0 bridgehead atoms. The minimum Gasteiger partial charge on any atom is -0.464 e. The second kappa shape index (κ2) is 3.81. The highest BCUT2D eigenvalue weighted by Gasteiger charge is 2.19. The quantitative estimate of drug-likeness (QED) is 0.288. The van der Waals surface area contributed by atoms with Gasteiger partial charge in [0.15, 0.2) is 5.13 Å². The molecule has 13 heavy (non-hydrogen) atoms. The number of hydrogen-bond donors (Lipinski definition) is 2. The maximum atomic E-state index is 10.9. The summed E-state index contributed by atoms with van der Waals surface area (Å²) >= 11 is 0.893. The number of hydrogen-bond acceptors (Lipinski definition) is 8. The average molecular weight is 202 g/mol. The molecule has 0 aliphatic rings. The molecule has 7 nitrogen and oxygen atoms in total. The van der Waals surface area contributed by atoms with Gasteiger partial charge in [0.2, 0.25) is 11.5 Å². The Labute approximate surface area is 77.0 Å². The van der Waals surface area contributed by atoms with Crippen LogP contribution < -0.4 is 5.73 Å². The van der Waals surface area contributed by atoms with Gasteiger partial charge in [-0.15, -0.1) is 0 Å². The van der Waals surface area contributed by atoms with E-state index in [0.717, 1.165) is 18.6 Å². The average Bonchev–Trinajstić information content (AvgIpc) is 2.53. The van der Waals surface area contributed by atoms with E-state index < -0.39 is 5.97 Å². The van der Waals surface area contributed by atoms with Crippen LogP contribution in [0.1, 0.15) is 5.82 Å². The fourth-order valence-electron chi connectivity index (χ4n) is 0.605. The van der Waals surface area contributed by atoms with E-state index in [9.17, 15) is 4.79 Å². The Morgan fingerprint density at radius 1 is 1.77 bits per heavy atom. The van der Waals surface area contributed by atoms with Gasteiger partial charge in [-0.2, -0.15) is 9.36 Å².